The second-order valence-electron chi connectivity index (χ2n) is 6.80. The number of aromatic nitrogens is 3. The highest BCUT2D eigenvalue weighted by atomic mass is 16.5. The number of benzene rings is 1. The van der Waals surface area contributed by atoms with Crippen molar-refractivity contribution in [3.05, 3.63) is 46.5 Å². The van der Waals surface area contributed by atoms with Crippen LogP contribution in [0.2, 0.25) is 0 Å². The molecule has 0 fully saturated rings. The lowest BCUT2D eigenvalue weighted by molar-refractivity contribution is 0.102. The number of pyridine rings is 1. The van der Waals surface area contributed by atoms with E-state index < -0.39 is 11.5 Å². The fraction of sp³-hybridized carbons (Fsp3) is 0.300. The van der Waals surface area contributed by atoms with E-state index in [9.17, 15) is 9.59 Å². The summed E-state index contributed by atoms with van der Waals surface area (Å²) in [5.74, 6) is 1.46. The predicted molar refractivity (Wildman–Crippen MR) is 111 cm³/mol. The molecule has 2 heterocycles. The number of amides is 1. The van der Waals surface area contributed by atoms with Crippen molar-refractivity contribution in [2.45, 2.75) is 13.8 Å². The Morgan fingerprint density at radius 3 is 2.59 bits per heavy atom. The Labute approximate surface area is 167 Å². The van der Waals surface area contributed by atoms with Gasteiger partial charge >= 0.3 is 0 Å². The first-order valence-corrected chi connectivity index (χ1v) is 9.08. The van der Waals surface area contributed by atoms with Gasteiger partial charge in [-0.15, -0.1) is 0 Å². The molecule has 9 nitrogen and oxygen atoms in total. The third-order valence-electron chi connectivity index (χ3n) is 4.22. The summed E-state index contributed by atoms with van der Waals surface area (Å²) in [7, 11) is 3.00. The van der Waals surface area contributed by atoms with Crippen LogP contribution < -0.4 is 25.7 Å². The minimum absolute atomic E-state index is 0.0969. The van der Waals surface area contributed by atoms with Gasteiger partial charge in [0.2, 0.25) is 0 Å². The van der Waals surface area contributed by atoms with Gasteiger partial charge in [-0.3, -0.25) is 9.59 Å². The maximum atomic E-state index is 12.7. The Bertz CT molecular complexity index is 1090. The molecule has 0 aliphatic rings. The van der Waals surface area contributed by atoms with Crippen LogP contribution in [0.15, 0.2) is 35.4 Å². The zero-order chi connectivity index (χ0) is 21.0. The first-order valence-electron chi connectivity index (χ1n) is 9.08. The fourth-order valence-corrected chi connectivity index (χ4v) is 2.72. The van der Waals surface area contributed by atoms with Crippen LogP contribution in [0.3, 0.4) is 0 Å². The van der Waals surface area contributed by atoms with Crippen LogP contribution in [0.25, 0.3) is 11.0 Å². The van der Waals surface area contributed by atoms with Crippen LogP contribution in [0.1, 0.15) is 24.2 Å². The van der Waals surface area contributed by atoms with Crippen molar-refractivity contribution >= 4 is 28.4 Å². The number of aromatic amines is 1. The minimum atomic E-state index is -0.458. The highest BCUT2D eigenvalue weighted by molar-refractivity contribution is 6.05. The van der Waals surface area contributed by atoms with E-state index in [1.165, 1.54) is 20.5 Å². The first-order chi connectivity index (χ1) is 13.9. The van der Waals surface area contributed by atoms with Gasteiger partial charge in [0.1, 0.15) is 23.5 Å². The molecule has 3 aromatic rings. The molecular formula is C20H23N5O4. The van der Waals surface area contributed by atoms with E-state index in [1.54, 1.807) is 24.3 Å². The van der Waals surface area contributed by atoms with Gasteiger partial charge in [-0.05, 0) is 30.2 Å². The van der Waals surface area contributed by atoms with E-state index in [1.807, 2.05) is 0 Å². The van der Waals surface area contributed by atoms with Gasteiger partial charge < -0.3 is 25.1 Å². The quantitative estimate of drug-likeness (QED) is 0.561. The number of anilines is 2. The number of nitrogens with one attached hydrogen (secondary N) is 3. The van der Waals surface area contributed by atoms with E-state index in [0.29, 0.717) is 46.4 Å². The molecule has 0 unspecified atom stereocenters. The molecule has 1 aromatic carbocycles. The van der Waals surface area contributed by atoms with Crippen molar-refractivity contribution in [2.75, 3.05) is 31.4 Å². The average Bonchev–Trinajstić information content (AvgIpc) is 2.72. The summed E-state index contributed by atoms with van der Waals surface area (Å²) >= 11 is 0. The number of carbonyl (C=O) groups excluding carboxylic acids is 1. The summed E-state index contributed by atoms with van der Waals surface area (Å²) in [6, 6.07) is 6.32. The smallest absolute Gasteiger partial charge is 0.273 e. The standard InChI is InChI=1S/C20H23N5O4/c1-11(2)9-21-17-13-8-14(20(27)25-18(13)23-10-22-17)24-19(26)12-5-6-15(28-3)16(7-12)29-4/h5-8,10-11H,9H2,1-4H3,(H,24,26)(H2,21,22,23,25,27). The minimum Gasteiger partial charge on any atom is -0.493 e. The normalized spacial score (nSPS) is 10.8. The van der Waals surface area contributed by atoms with Gasteiger partial charge in [0.05, 0.1) is 19.6 Å². The molecule has 29 heavy (non-hydrogen) atoms. The lowest BCUT2D eigenvalue weighted by Crippen LogP contribution is -2.20. The SMILES string of the molecule is COc1ccc(C(=O)Nc2cc3c(NCC(C)C)ncnc3[nH]c2=O)cc1OC. The molecule has 3 N–H and O–H groups in total. The molecule has 2 aromatic heterocycles. The van der Waals surface area contributed by atoms with Crippen LogP contribution in [0.4, 0.5) is 11.5 Å². The number of carbonyl (C=O) groups is 1. The van der Waals surface area contributed by atoms with Gasteiger partial charge in [0, 0.05) is 12.1 Å². The average molecular weight is 397 g/mol. The van der Waals surface area contributed by atoms with Gasteiger partial charge in [-0.25, -0.2) is 9.97 Å². The van der Waals surface area contributed by atoms with Crippen LogP contribution in [-0.4, -0.2) is 41.6 Å². The van der Waals surface area contributed by atoms with Crippen molar-refractivity contribution in [1.29, 1.82) is 0 Å². The second kappa shape index (κ2) is 8.59. The predicted octanol–water partition coefficient (Wildman–Crippen LogP) is 2.66. The van der Waals surface area contributed by atoms with E-state index in [2.05, 4.69) is 39.4 Å². The number of ether oxygens (including phenoxy) is 2. The number of hydrogen-bond donors (Lipinski definition) is 3. The van der Waals surface area contributed by atoms with Crippen molar-refractivity contribution in [2.24, 2.45) is 5.92 Å². The van der Waals surface area contributed by atoms with Crippen molar-refractivity contribution < 1.29 is 14.3 Å². The molecule has 3 rings (SSSR count). The highest BCUT2D eigenvalue weighted by Gasteiger charge is 2.14. The maximum Gasteiger partial charge on any atom is 0.273 e. The molecule has 0 spiro atoms. The molecule has 0 bridgehead atoms. The molecule has 152 valence electrons. The maximum absolute atomic E-state index is 12.7. The molecule has 0 saturated heterocycles. The van der Waals surface area contributed by atoms with Crippen molar-refractivity contribution in [3.8, 4) is 11.5 Å². The number of rotatable bonds is 7. The number of hydrogen-bond acceptors (Lipinski definition) is 7. The summed E-state index contributed by atoms with van der Waals surface area (Å²) in [5.41, 5.74) is 0.351. The van der Waals surface area contributed by atoms with Gasteiger partial charge in [-0.1, -0.05) is 13.8 Å². The lowest BCUT2D eigenvalue weighted by atomic mass is 10.1. The lowest BCUT2D eigenvalue weighted by Gasteiger charge is -2.12. The van der Waals surface area contributed by atoms with E-state index in [-0.39, 0.29) is 5.69 Å². The van der Waals surface area contributed by atoms with Crippen molar-refractivity contribution in [1.82, 2.24) is 15.0 Å². The molecule has 1 amide bonds. The molecule has 0 saturated carbocycles. The number of H-pyrrole nitrogens is 1. The zero-order valence-electron chi connectivity index (χ0n) is 16.7. The molecule has 0 radical (unpaired) electrons. The largest absolute Gasteiger partial charge is 0.493 e. The van der Waals surface area contributed by atoms with Gasteiger partial charge in [-0.2, -0.15) is 0 Å². The third-order valence-corrected chi connectivity index (χ3v) is 4.22. The number of methoxy groups -OCH3 is 2. The van der Waals surface area contributed by atoms with Gasteiger partial charge in [0.25, 0.3) is 11.5 Å². The van der Waals surface area contributed by atoms with Gasteiger partial charge in [0.15, 0.2) is 11.5 Å². The van der Waals surface area contributed by atoms with E-state index in [4.69, 9.17) is 9.47 Å². The third kappa shape index (κ3) is 4.45. The molecule has 0 aliphatic heterocycles. The van der Waals surface area contributed by atoms with Crippen LogP contribution in [-0.2, 0) is 0 Å². The van der Waals surface area contributed by atoms with E-state index >= 15 is 0 Å². The summed E-state index contributed by atoms with van der Waals surface area (Å²) in [6.45, 7) is 4.86. The van der Waals surface area contributed by atoms with E-state index in [0.717, 1.165) is 0 Å². The fourth-order valence-electron chi connectivity index (χ4n) is 2.72. The van der Waals surface area contributed by atoms with Crippen molar-refractivity contribution in [3.63, 3.8) is 0 Å². The monoisotopic (exact) mass is 397 g/mol. The topological polar surface area (TPSA) is 118 Å². The Balaban J connectivity index is 1.93. The number of fused-ring (bicyclic) bond motifs is 1. The first kappa shape index (κ1) is 20.1. The van der Waals surface area contributed by atoms with Crippen LogP contribution >= 0.6 is 0 Å². The highest BCUT2D eigenvalue weighted by Crippen LogP contribution is 2.28. The summed E-state index contributed by atoms with van der Waals surface area (Å²) in [4.78, 5) is 36.1. The van der Waals surface area contributed by atoms with Crippen LogP contribution in [0.5, 0.6) is 11.5 Å². The second-order valence-corrected chi connectivity index (χ2v) is 6.80. The Morgan fingerprint density at radius 2 is 1.90 bits per heavy atom. The Hall–Kier alpha value is -3.62. The molecule has 0 aliphatic carbocycles. The summed E-state index contributed by atoms with van der Waals surface area (Å²) in [6.07, 6.45) is 1.38. The number of nitrogens with zero attached hydrogens (tertiary/aromatic N) is 2. The molecule has 9 heteroatoms. The van der Waals surface area contributed by atoms with Crippen LogP contribution in [0, 0.1) is 5.92 Å². The molecule has 0 atom stereocenters. The summed E-state index contributed by atoms with van der Waals surface area (Å²) < 4.78 is 10.4. The molecular weight excluding hydrogens is 374 g/mol. The Kier molecular flexibility index (Phi) is 5.96. The Morgan fingerprint density at radius 1 is 1.14 bits per heavy atom. The summed E-state index contributed by atoms with van der Waals surface area (Å²) in [5, 5.41) is 6.47. The zero-order valence-corrected chi connectivity index (χ0v) is 16.7.